The largest absolute Gasteiger partial charge is 0.379 e. The predicted molar refractivity (Wildman–Crippen MR) is 90.1 cm³/mol. The third-order valence-electron chi connectivity index (χ3n) is 4.19. The molecule has 0 aromatic carbocycles. The van der Waals surface area contributed by atoms with Gasteiger partial charge in [-0.15, -0.1) is 11.3 Å². The molecule has 2 aliphatic rings. The van der Waals surface area contributed by atoms with Crippen molar-refractivity contribution in [3.8, 4) is 0 Å². The van der Waals surface area contributed by atoms with Crippen molar-refractivity contribution < 1.29 is 4.79 Å². The standard InChI is InChI=1S/C15H21N3OS2/c1-15(7-10-20-14(16)17-15)12-6-5-11(21-12)13(19)18-8-3-2-4-9-18/h5-6H,2-4,7-10H2,1H3,(H2,16,17). The van der Waals surface area contributed by atoms with E-state index in [1.807, 2.05) is 11.0 Å². The van der Waals surface area contributed by atoms with Gasteiger partial charge in [-0.3, -0.25) is 9.79 Å². The number of hydrogen-bond donors (Lipinski definition) is 1. The monoisotopic (exact) mass is 323 g/mol. The Labute approximate surface area is 133 Å². The van der Waals surface area contributed by atoms with Gasteiger partial charge in [0, 0.05) is 23.7 Å². The van der Waals surface area contributed by atoms with Gasteiger partial charge in [0.15, 0.2) is 5.17 Å². The Hall–Kier alpha value is -1.01. The van der Waals surface area contributed by atoms with Crippen LogP contribution < -0.4 is 5.73 Å². The van der Waals surface area contributed by atoms with Crippen LogP contribution in [0.2, 0.25) is 0 Å². The summed E-state index contributed by atoms with van der Waals surface area (Å²) in [6, 6.07) is 4.00. The maximum atomic E-state index is 12.5. The van der Waals surface area contributed by atoms with Crippen LogP contribution in [0.5, 0.6) is 0 Å². The molecule has 1 amide bonds. The molecule has 2 aliphatic heterocycles. The van der Waals surface area contributed by atoms with Crippen LogP contribution in [0.3, 0.4) is 0 Å². The lowest BCUT2D eigenvalue weighted by Gasteiger charge is -2.28. The molecule has 4 nitrogen and oxygen atoms in total. The maximum absolute atomic E-state index is 12.5. The Kier molecular flexibility index (Phi) is 4.26. The van der Waals surface area contributed by atoms with E-state index in [1.165, 1.54) is 6.42 Å². The number of carbonyl (C=O) groups excluding carboxylic acids is 1. The van der Waals surface area contributed by atoms with Gasteiger partial charge in [-0.25, -0.2) is 0 Å². The lowest BCUT2D eigenvalue weighted by molar-refractivity contribution is 0.0729. The summed E-state index contributed by atoms with van der Waals surface area (Å²) in [6.45, 7) is 3.90. The average molecular weight is 323 g/mol. The molecule has 0 saturated carbocycles. The zero-order chi connectivity index (χ0) is 14.9. The minimum Gasteiger partial charge on any atom is -0.379 e. The average Bonchev–Trinajstić information content (AvgIpc) is 2.98. The van der Waals surface area contributed by atoms with Crippen molar-refractivity contribution in [3.63, 3.8) is 0 Å². The third-order valence-corrected chi connectivity index (χ3v) is 6.31. The van der Waals surface area contributed by atoms with Gasteiger partial charge in [-0.05, 0) is 44.7 Å². The fraction of sp³-hybridized carbons (Fsp3) is 0.600. The van der Waals surface area contributed by atoms with E-state index >= 15 is 0 Å². The van der Waals surface area contributed by atoms with Crippen LogP contribution in [-0.4, -0.2) is 34.8 Å². The summed E-state index contributed by atoms with van der Waals surface area (Å²) in [5.41, 5.74) is 5.61. The first-order chi connectivity index (χ1) is 10.1. The summed E-state index contributed by atoms with van der Waals surface area (Å²) >= 11 is 3.19. The molecule has 0 radical (unpaired) electrons. The number of amidine groups is 1. The summed E-state index contributed by atoms with van der Waals surface area (Å²) in [6.07, 6.45) is 4.46. The van der Waals surface area contributed by atoms with Gasteiger partial charge in [0.2, 0.25) is 0 Å². The Bertz CT molecular complexity index is 563. The fourth-order valence-corrected chi connectivity index (χ4v) is 4.93. The molecule has 0 spiro atoms. The van der Waals surface area contributed by atoms with Crippen molar-refractivity contribution in [3.05, 3.63) is 21.9 Å². The van der Waals surface area contributed by atoms with Gasteiger partial charge in [0.05, 0.1) is 10.4 Å². The van der Waals surface area contributed by atoms with Crippen molar-refractivity contribution in [2.75, 3.05) is 18.8 Å². The lowest BCUT2D eigenvalue weighted by atomic mass is 9.97. The van der Waals surface area contributed by atoms with E-state index in [9.17, 15) is 4.79 Å². The molecule has 21 heavy (non-hydrogen) atoms. The van der Waals surface area contributed by atoms with Gasteiger partial charge < -0.3 is 10.6 Å². The summed E-state index contributed by atoms with van der Waals surface area (Å²) in [4.78, 5) is 21.1. The van der Waals surface area contributed by atoms with Crippen molar-refractivity contribution >= 4 is 34.2 Å². The van der Waals surface area contributed by atoms with Gasteiger partial charge in [0.25, 0.3) is 5.91 Å². The summed E-state index contributed by atoms with van der Waals surface area (Å²) in [5.74, 6) is 1.16. The van der Waals surface area contributed by atoms with Crippen LogP contribution in [-0.2, 0) is 5.54 Å². The SMILES string of the molecule is CC1(c2ccc(C(=O)N3CCCCC3)s2)CCSC(N)=N1. The zero-order valence-corrected chi connectivity index (χ0v) is 13.9. The van der Waals surface area contributed by atoms with Crippen LogP contribution in [0.4, 0.5) is 0 Å². The minimum absolute atomic E-state index is 0.177. The number of carbonyl (C=O) groups is 1. The second-order valence-electron chi connectivity index (χ2n) is 5.84. The maximum Gasteiger partial charge on any atom is 0.263 e. The molecule has 1 aromatic heterocycles. The highest BCUT2D eigenvalue weighted by Crippen LogP contribution is 2.38. The molecule has 3 heterocycles. The Morgan fingerprint density at radius 1 is 1.33 bits per heavy atom. The summed E-state index contributed by atoms with van der Waals surface area (Å²) in [5, 5.41) is 0.654. The van der Waals surface area contributed by atoms with E-state index in [0.717, 1.165) is 47.9 Å². The topological polar surface area (TPSA) is 58.7 Å². The number of thioether (sulfide) groups is 1. The lowest BCUT2D eigenvalue weighted by Crippen LogP contribution is -2.35. The van der Waals surface area contributed by atoms with E-state index in [2.05, 4.69) is 18.0 Å². The second kappa shape index (κ2) is 6.01. The molecule has 2 N–H and O–H groups in total. The number of aliphatic imine (C=N–C) groups is 1. The smallest absolute Gasteiger partial charge is 0.263 e. The number of hydrogen-bond acceptors (Lipinski definition) is 5. The number of nitrogens with zero attached hydrogens (tertiary/aromatic N) is 2. The minimum atomic E-state index is -0.263. The molecule has 1 saturated heterocycles. The van der Waals surface area contributed by atoms with E-state index in [0.29, 0.717) is 5.17 Å². The first kappa shape index (κ1) is 14.9. The number of nitrogens with two attached hydrogens (primary N) is 1. The van der Waals surface area contributed by atoms with E-state index in [1.54, 1.807) is 23.1 Å². The Morgan fingerprint density at radius 3 is 2.81 bits per heavy atom. The number of thiophene rings is 1. The number of rotatable bonds is 2. The van der Waals surface area contributed by atoms with Gasteiger partial charge in [0.1, 0.15) is 0 Å². The summed E-state index contributed by atoms with van der Waals surface area (Å²) < 4.78 is 0. The molecule has 3 rings (SSSR count). The highest BCUT2D eigenvalue weighted by atomic mass is 32.2. The molecular weight excluding hydrogens is 302 g/mol. The second-order valence-corrected chi connectivity index (χ2v) is 8.04. The number of piperidine rings is 1. The first-order valence-corrected chi connectivity index (χ1v) is 9.26. The molecule has 0 aliphatic carbocycles. The molecular formula is C15H21N3OS2. The molecule has 0 bridgehead atoms. The van der Waals surface area contributed by atoms with Crippen LogP contribution in [0, 0.1) is 0 Å². The van der Waals surface area contributed by atoms with E-state index < -0.39 is 0 Å². The van der Waals surface area contributed by atoms with Crippen molar-refractivity contribution in [2.45, 2.75) is 38.1 Å². The quantitative estimate of drug-likeness (QED) is 0.910. The highest BCUT2D eigenvalue weighted by Gasteiger charge is 2.32. The molecule has 1 aromatic rings. The predicted octanol–water partition coefficient (Wildman–Crippen LogP) is 3.04. The van der Waals surface area contributed by atoms with Crippen molar-refractivity contribution in [1.29, 1.82) is 0 Å². The third kappa shape index (κ3) is 3.11. The normalized spacial score (nSPS) is 26.5. The number of likely N-dealkylation sites (tertiary alicyclic amines) is 1. The van der Waals surface area contributed by atoms with Gasteiger partial charge in [-0.1, -0.05) is 11.8 Å². The Balaban J connectivity index is 1.79. The molecule has 114 valence electrons. The highest BCUT2D eigenvalue weighted by molar-refractivity contribution is 8.13. The van der Waals surface area contributed by atoms with Gasteiger partial charge >= 0.3 is 0 Å². The van der Waals surface area contributed by atoms with Crippen LogP contribution in [0.15, 0.2) is 17.1 Å². The van der Waals surface area contributed by atoms with Crippen LogP contribution >= 0.6 is 23.1 Å². The molecule has 1 fully saturated rings. The number of amides is 1. The molecule has 1 atom stereocenters. The first-order valence-electron chi connectivity index (χ1n) is 7.46. The van der Waals surface area contributed by atoms with Crippen molar-refractivity contribution in [1.82, 2.24) is 4.90 Å². The van der Waals surface area contributed by atoms with E-state index in [-0.39, 0.29) is 11.4 Å². The summed E-state index contributed by atoms with van der Waals surface area (Å²) in [7, 11) is 0. The molecule has 6 heteroatoms. The Morgan fingerprint density at radius 2 is 2.10 bits per heavy atom. The van der Waals surface area contributed by atoms with E-state index in [4.69, 9.17) is 5.73 Å². The zero-order valence-electron chi connectivity index (χ0n) is 12.3. The fourth-order valence-electron chi connectivity index (χ4n) is 2.86. The van der Waals surface area contributed by atoms with Crippen LogP contribution in [0.25, 0.3) is 0 Å². The van der Waals surface area contributed by atoms with Gasteiger partial charge in [-0.2, -0.15) is 0 Å². The van der Waals surface area contributed by atoms with Crippen molar-refractivity contribution in [2.24, 2.45) is 10.7 Å². The molecule has 1 unspecified atom stereocenters. The van der Waals surface area contributed by atoms with Crippen LogP contribution in [0.1, 0.15) is 47.2 Å².